The number of anilines is 1. The monoisotopic (exact) mass is 788 g/mol. The maximum atomic E-state index is 14.8. The van der Waals surface area contributed by atoms with Gasteiger partial charge in [0.2, 0.25) is 0 Å². The maximum absolute atomic E-state index is 14.8. The molecule has 2 aromatic carbocycles. The molecule has 5 atom stereocenters. The Morgan fingerprint density at radius 1 is 1.11 bits per heavy atom. The molecule has 3 N–H and O–H groups in total. The molecule has 1 aliphatic heterocycles. The van der Waals surface area contributed by atoms with E-state index in [2.05, 4.69) is 26.0 Å². The van der Waals surface area contributed by atoms with E-state index in [9.17, 15) is 27.3 Å². The van der Waals surface area contributed by atoms with Crippen molar-refractivity contribution in [1.82, 2.24) is 24.6 Å². The summed E-state index contributed by atoms with van der Waals surface area (Å²) in [6.45, 7) is 5.96. The Kier molecular flexibility index (Phi) is 13.0. The van der Waals surface area contributed by atoms with Crippen molar-refractivity contribution in [3.63, 3.8) is 0 Å². The van der Waals surface area contributed by atoms with Gasteiger partial charge in [-0.1, -0.05) is 38.0 Å². The van der Waals surface area contributed by atoms with E-state index in [-0.39, 0.29) is 34.7 Å². The van der Waals surface area contributed by atoms with Crippen LogP contribution in [0.15, 0.2) is 54.9 Å². The Bertz CT molecular complexity index is 2060. The van der Waals surface area contributed by atoms with Crippen molar-refractivity contribution in [2.45, 2.75) is 89.6 Å². The quantitative estimate of drug-likeness (QED) is 0.0567. The predicted molar refractivity (Wildman–Crippen MR) is 191 cm³/mol. The molecular formula is C36H40F3N6O9P. The van der Waals surface area contributed by atoms with Gasteiger partial charge in [-0.25, -0.2) is 23.1 Å². The number of rotatable bonds is 16. The summed E-state index contributed by atoms with van der Waals surface area (Å²) in [6.07, 6.45) is 1.79. The molecule has 19 heteroatoms. The fourth-order valence-electron chi connectivity index (χ4n) is 5.75. The number of nitrogens with two attached hydrogens (primary N) is 1. The molecule has 55 heavy (non-hydrogen) atoms. The summed E-state index contributed by atoms with van der Waals surface area (Å²) in [5.74, 6) is -0.549. The molecule has 5 rings (SSSR count). The van der Waals surface area contributed by atoms with Crippen molar-refractivity contribution in [3.8, 4) is 18.1 Å². The lowest BCUT2D eigenvalue weighted by Crippen LogP contribution is -2.46. The average Bonchev–Trinajstić information content (AvgIpc) is 3.71. The molecule has 1 fully saturated rings. The Morgan fingerprint density at radius 3 is 2.44 bits per heavy atom. The minimum atomic E-state index is -4.78. The van der Waals surface area contributed by atoms with Gasteiger partial charge in [-0.2, -0.15) is 19.4 Å². The summed E-state index contributed by atoms with van der Waals surface area (Å²) < 4.78 is 93.4. The minimum Gasteiger partial charge on any atom is -0.462 e. The second-order valence-corrected chi connectivity index (χ2v) is 14.5. The van der Waals surface area contributed by atoms with Crippen LogP contribution < -0.4 is 15.3 Å². The number of imidazole rings is 1. The molecular weight excluding hydrogens is 748 g/mol. The lowest BCUT2D eigenvalue weighted by atomic mass is 9.99. The molecule has 0 bridgehead atoms. The number of hydrogen-bond donors (Lipinski definition) is 2. The number of fused-ring (bicyclic) bond motifs is 1. The lowest BCUT2D eigenvalue weighted by molar-refractivity contribution is -0.149. The van der Waals surface area contributed by atoms with Crippen molar-refractivity contribution in [1.29, 1.82) is 0 Å². The van der Waals surface area contributed by atoms with E-state index >= 15 is 0 Å². The summed E-state index contributed by atoms with van der Waals surface area (Å²) in [5.41, 5.74) is 3.80. The Hall–Kier alpha value is -5.21. The number of terminal acetylenes is 1. The smallest absolute Gasteiger partial charge is 0.462 e. The topological polar surface area (TPSA) is 188 Å². The molecule has 0 aliphatic carbocycles. The van der Waals surface area contributed by atoms with Gasteiger partial charge in [0.1, 0.15) is 42.4 Å². The predicted octanol–water partition coefficient (Wildman–Crippen LogP) is 6.18. The third-order valence-corrected chi connectivity index (χ3v) is 9.95. The summed E-state index contributed by atoms with van der Waals surface area (Å²) in [7, 11) is -4.78. The second kappa shape index (κ2) is 17.5. The van der Waals surface area contributed by atoms with Crippen LogP contribution in [0.25, 0.3) is 11.2 Å². The number of hydrogen-bond acceptors (Lipinski definition) is 13. The number of nitrogens with zero attached hydrogens (tertiary/aromatic N) is 4. The van der Waals surface area contributed by atoms with Gasteiger partial charge in [-0.15, -0.1) is 6.42 Å². The van der Waals surface area contributed by atoms with Crippen LogP contribution in [0.3, 0.4) is 0 Å². The number of nitrogen functional groups attached to an aromatic ring is 1. The van der Waals surface area contributed by atoms with Crippen molar-refractivity contribution >= 4 is 36.9 Å². The number of esters is 1. The molecule has 1 aliphatic rings. The molecule has 0 unspecified atom stereocenters. The largest absolute Gasteiger partial charge is 0.508 e. The van der Waals surface area contributed by atoms with E-state index in [1.807, 2.05) is 13.8 Å². The third-order valence-electron chi connectivity index (χ3n) is 8.40. The molecule has 1 saturated heterocycles. The van der Waals surface area contributed by atoms with Gasteiger partial charge in [-0.05, 0) is 62.9 Å². The van der Waals surface area contributed by atoms with Gasteiger partial charge in [0.05, 0.1) is 12.4 Å². The molecule has 15 nitrogen and oxygen atoms in total. The highest BCUT2D eigenvalue weighted by atomic mass is 31.2. The van der Waals surface area contributed by atoms with E-state index in [0.717, 1.165) is 12.1 Å². The van der Waals surface area contributed by atoms with Crippen LogP contribution >= 0.6 is 7.75 Å². The van der Waals surface area contributed by atoms with E-state index in [0.29, 0.717) is 18.9 Å². The van der Waals surface area contributed by atoms with Gasteiger partial charge >= 0.3 is 25.9 Å². The van der Waals surface area contributed by atoms with Crippen LogP contribution in [0.2, 0.25) is 0 Å². The second-order valence-electron chi connectivity index (χ2n) is 12.8. The van der Waals surface area contributed by atoms with Crippen LogP contribution in [0.5, 0.6) is 5.75 Å². The Morgan fingerprint density at radius 2 is 1.80 bits per heavy atom. The number of carbonyl (C=O) groups excluding carboxylic acids is 2. The number of benzene rings is 2. The van der Waals surface area contributed by atoms with Crippen molar-refractivity contribution < 1.29 is 55.3 Å². The molecule has 3 heterocycles. The number of nitrogens with one attached hydrogen (secondary N) is 1. The molecule has 2 aromatic heterocycles. The third kappa shape index (κ3) is 10.1. The summed E-state index contributed by atoms with van der Waals surface area (Å²) in [4.78, 5) is 37.9. The normalized spacial score (nSPS) is 19.9. The first-order valence-corrected chi connectivity index (χ1v) is 18.8. The minimum absolute atomic E-state index is 0.0157. The SMILES string of the molecule is C#C[C@]1(CO[P@@](=O)(N[C@@H](Cc2cc(F)cc(F)c2)C(=O)OC(C)C)Oc2ccccc2)O[C@@H](n2cnc3c(N)nc(F)nc32)C[C@@H]1OC(=O)OC(CC)CC. The van der Waals surface area contributed by atoms with Crippen LogP contribution in [0.1, 0.15) is 58.7 Å². The number of ether oxygens (including phenoxy) is 4. The summed E-state index contributed by atoms with van der Waals surface area (Å²) >= 11 is 0. The fourth-order valence-corrected chi connectivity index (χ4v) is 7.27. The molecule has 0 spiro atoms. The van der Waals surface area contributed by atoms with Crippen LogP contribution in [0, 0.1) is 30.1 Å². The first kappa shape index (κ1) is 41.0. The van der Waals surface area contributed by atoms with Crippen molar-refractivity contribution in [2.75, 3.05) is 12.3 Å². The molecule has 4 aromatic rings. The van der Waals surface area contributed by atoms with E-state index < -0.39 is 86.8 Å². The van der Waals surface area contributed by atoms with E-state index in [1.165, 1.54) is 23.0 Å². The molecule has 0 amide bonds. The number of para-hydroxylation sites is 1. The summed E-state index contributed by atoms with van der Waals surface area (Å²) in [5, 5.41) is 2.56. The first-order valence-electron chi connectivity index (χ1n) is 17.3. The van der Waals surface area contributed by atoms with Crippen molar-refractivity contribution in [3.05, 3.63) is 78.1 Å². The summed E-state index contributed by atoms with van der Waals surface area (Å²) in [6, 6.07) is 8.83. The molecule has 0 saturated carbocycles. The zero-order chi connectivity index (χ0) is 39.9. The fraction of sp³-hybridized carbons (Fsp3) is 0.417. The van der Waals surface area contributed by atoms with Gasteiger partial charge in [-0.3, -0.25) is 13.9 Å². The van der Waals surface area contributed by atoms with Gasteiger partial charge in [0.25, 0.3) is 0 Å². The van der Waals surface area contributed by atoms with Crippen LogP contribution in [0.4, 0.5) is 23.8 Å². The van der Waals surface area contributed by atoms with Crippen molar-refractivity contribution in [2.24, 2.45) is 0 Å². The average molecular weight is 789 g/mol. The maximum Gasteiger partial charge on any atom is 0.508 e. The van der Waals surface area contributed by atoms with E-state index in [1.54, 1.807) is 32.0 Å². The highest BCUT2D eigenvalue weighted by Gasteiger charge is 2.54. The highest BCUT2D eigenvalue weighted by molar-refractivity contribution is 7.52. The van der Waals surface area contributed by atoms with Gasteiger partial charge < -0.3 is 29.2 Å². The van der Waals surface area contributed by atoms with Gasteiger partial charge in [0.15, 0.2) is 28.7 Å². The molecule has 294 valence electrons. The van der Waals surface area contributed by atoms with E-state index in [4.69, 9.17) is 40.2 Å². The molecule has 0 radical (unpaired) electrons. The lowest BCUT2D eigenvalue weighted by Gasteiger charge is -2.31. The van der Waals surface area contributed by atoms with Crippen LogP contribution in [-0.2, 0) is 39.3 Å². The zero-order valence-electron chi connectivity index (χ0n) is 30.3. The Balaban J connectivity index is 1.51. The number of aromatic nitrogens is 4. The van der Waals surface area contributed by atoms with Crippen LogP contribution in [-0.4, -0.2) is 68.2 Å². The number of halogens is 3. The standard InChI is InChI=1S/C36H40F3N6O9P/c1-6-25(7-2)51-35(47)52-28-18-29(45-20-41-30-31(40)42-34(39)43-32(30)45)53-36(28,8-3)19-49-55(48,54-26-12-10-9-11-13-26)44-27(33(46)50-21(4)5)16-22-14-23(37)17-24(38)15-22/h3,9-15,17,20-21,25,27-29H,6-7,16,18-19H2,1-2,4-5H3,(H,44,48)(H2,40,42,43)/t27-,28-,29+,36+,55-/m0/s1. The zero-order valence-corrected chi connectivity index (χ0v) is 31.2. The van der Waals surface area contributed by atoms with Gasteiger partial charge in [0, 0.05) is 12.5 Å². The first-order chi connectivity index (χ1) is 26.2. The highest BCUT2D eigenvalue weighted by Crippen LogP contribution is 2.49. The number of carbonyl (C=O) groups is 2. The Labute approximate surface area is 314 Å².